The minimum absolute atomic E-state index is 0.170. The summed E-state index contributed by atoms with van der Waals surface area (Å²) in [4.78, 5) is 25.0. The number of carbonyl (C=O) groups is 2. The molecule has 2 amide bonds. The van der Waals surface area contributed by atoms with Gasteiger partial charge < -0.3 is 10.6 Å². The van der Waals surface area contributed by atoms with Crippen LogP contribution in [-0.4, -0.2) is 28.6 Å². The van der Waals surface area contributed by atoms with Crippen molar-refractivity contribution in [2.75, 3.05) is 11.9 Å². The van der Waals surface area contributed by atoms with E-state index in [0.717, 1.165) is 15.0 Å². The van der Waals surface area contributed by atoms with Crippen LogP contribution in [0.4, 0.5) is 5.82 Å². The summed E-state index contributed by atoms with van der Waals surface area (Å²) < 4.78 is 0.907. The average molecular weight is 419 g/mol. The molecule has 3 aromatic rings. The van der Waals surface area contributed by atoms with Crippen LogP contribution in [-0.2, 0) is 4.79 Å². The van der Waals surface area contributed by atoms with E-state index in [0.29, 0.717) is 11.4 Å². The number of carbonyl (C=O) groups excluding carboxylic acids is 2. The number of rotatable bonds is 6. The van der Waals surface area contributed by atoms with Crippen LogP contribution in [0.2, 0.25) is 0 Å². The molecule has 0 atom stereocenters. The fourth-order valence-corrected chi connectivity index (χ4v) is 3.10. The van der Waals surface area contributed by atoms with Crippen molar-refractivity contribution in [1.29, 1.82) is 0 Å². The second kappa shape index (κ2) is 8.09. The smallest absolute Gasteiger partial charge is 0.251 e. The SMILES string of the molecule is O=C(CCNC(=O)c1ccc(Br)cc1)Nc1cc(-c2cccs2)[nH]n1. The van der Waals surface area contributed by atoms with Gasteiger partial charge in [-0.05, 0) is 35.7 Å². The van der Waals surface area contributed by atoms with Crippen LogP contribution in [0.15, 0.2) is 52.3 Å². The topological polar surface area (TPSA) is 86.9 Å². The van der Waals surface area contributed by atoms with Gasteiger partial charge in [-0.1, -0.05) is 22.0 Å². The summed E-state index contributed by atoms with van der Waals surface area (Å²) in [5, 5.41) is 14.4. The Kier molecular flexibility index (Phi) is 5.62. The van der Waals surface area contributed by atoms with E-state index in [4.69, 9.17) is 0 Å². The van der Waals surface area contributed by atoms with Gasteiger partial charge in [0.1, 0.15) is 0 Å². The van der Waals surface area contributed by atoms with Crippen molar-refractivity contribution in [2.45, 2.75) is 6.42 Å². The number of H-pyrrole nitrogens is 1. The van der Waals surface area contributed by atoms with Crippen molar-refractivity contribution in [3.8, 4) is 10.6 Å². The molecule has 0 unspecified atom stereocenters. The molecule has 6 nitrogen and oxygen atoms in total. The number of nitrogens with one attached hydrogen (secondary N) is 3. The highest BCUT2D eigenvalue weighted by Gasteiger charge is 2.09. The fraction of sp³-hybridized carbons (Fsp3) is 0.118. The molecule has 2 aromatic heterocycles. The Morgan fingerprint density at radius 1 is 1.20 bits per heavy atom. The number of nitrogens with zero attached hydrogens (tertiary/aromatic N) is 1. The van der Waals surface area contributed by atoms with Gasteiger partial charge in [-0.25, -0.2) is 0 Å². The van der Waals surface area contributed by atoms with Gasteiger partial charge >= 0.3 is 0 Å². The highest BCUT2D eigenvalue weighted by molar-refractivity contribution is 9.10. The molecule has 0 fully saturated rings. The molecule has 0 bridgehead atoms. The van der Waals surface area contributed by atoms with Crippen LogP contribution < -0.4 is 10.6 Å². The molecular weight excluding hydrogens is 404 g/mol. The van der Waals surface area contributed by atoms with E-state index in [9.17, 15) is 9.59 Å². The number of halogens is 1. The monoisotopic (exact) mass is 418 g/mol. The van der Waals surface area contributed by atoms with E-state index in [2.05, 4.69) is 36.8 Å². The standard InChI is InChI=1S/C17H15BrN4O2S/c18-12-5-3-11(4-6-12)17(24)19-8-7-16(23)20-15-10-13(21-22-15)14-2-1-9-25-14/h1-6,9-10H,7-8H2,(H,19,24)(H2,20,21,22,23). The number of aromatic nitrogens is 2. The fourth-order valence-electron chi connectivity index (χ4n) is 2.14. The zero-order chi connectivity index (χ0) is 17.6. The van der Waals surface area contributed by atoms with Crippen LogP contribution in [0.5, 0.6) is 0 Å². The molecule has 1 aromatic carbocycles. The lowest BCUT2D eigenvalue weighted by Crippen LogP contribution is -2.27. The largest absolute Gasteiger partial charge is 0.352 e. The van der Waals surface area contributed by atoms with Crippen molar-refractivity contribution in [3.63, 3.8) is 0 Å². The first-order valence-corrected chi connectivity index (χ1v) is 9.22. The third-order valence-electron chi connectivity index (χ3n) is 3.38. The maximum absolute atomic E-state index is 12.0. The Bertz CT molecular complexity index is 859. The Morgan fingerprint density at radius 3 is 2.72 bits per heavy atom. The summed E-state index contributed by atoms with van der Waals surface area (Å²) >= 11 is 4.91. The molecule has 0 saturated heterocycles. The molecule has 3 N–H and O–H groups in total. The summed E-state index contributed by atoms with van der Waals surface area (Å²) in [5.41, 5.74) is 1.41. The first-order chi connectivity index (χ1) is 12.1. The maximum Gasteiger partial charge on any atom is 0.251 e. The summed E-state index contributed by atoms with van der Waals surface area (Å²) in [7, 11) is 0. The Balaban J connectivity index is 1.45. The lowest BCUT2D eigenvalue weighted by molar-refractivity contribution is -0.116. The zero-order valence-corrected chi connectivity index (χ0v) is 15.5. The predicted molar refractivity (Wildman–Crippen MR) is 102 cm³/mol. The molecule has 25 heavy (non-hydrogen) atoms. The van der Waals surface area contributed by atoms with E-state index < -0.39 is 0 Å². The molecule has 0 aliphatic carbocycles. The summed E-state index contributed by atoms with van der Waals surface area (Å²) in [5.74, 6) is 0.0491. The predicted octanol–water partition coefficient (Wildman–Crippen LogP) is 3.66. The van der Waals surface area contributed by atoms with Gasteiger partial charge in [0.05, 0.1) is 10.6 Å². The van der Waals surface area contributed by atoms with E-state index in [-0.39, 0.29) is 24.8 Å². The molecule has 0 aliphatic heterocycles. The number of thiophene rings is 1. The van der Waals surface area contributed by atoms with Crippen LogP contribution in [0.25, 0.3) is 10.6 Å². The highest BCUT2D eigenvalue weighted by atomic mass is 79.9. The minimum atomic E-state index is -0.208. The minimum Gasteiger partial charge on any atom is -0.352 e. The maximum atomic E-state index is 12.0. The second-order valence-electron chi connectivity index (χ2n) is 5.21. The Morgan fingerprint density at radius 2 is 2.00 bits per heavy atom. The third-order valence-corrected chi connectivity index (χ3v) is 4.81. The van der Waals surface area contributed by atoms with Crippen LogP contribution in [0.1, 0.15) is 16.8 Å². The average Bonchev–Trinajstić information content (AvgIpc) is 3.26. The second-order valence-corrected chi connectivity index (χ2v) is 7.07. The first-order valence-electron chi connectivity index (χ1n) is 7.55. The number of aromatic amines is 1. The number of anilines is 1. The van der Waals surface area contributed by atoms with Gasteiger partial charge in [-0.3, -0.25) is 14.7 Å². The number of hydrogen-bond donors (Lipinski definition) is 3. The molecule has 0 spiro atoms. The summed E-state index contributed by atoms with van der Waals surface area (Å²) in [6, 6.07) is 12.7. The molecule has 0 saturated carbocycles. The van der Waals surface area contributed by atoms with E-state index in [1.165, 1.54) is 0 Å². The van der Waals surface area contributed by atoms with Gasteiger partial charge in [0.25, 0.3) is 5.91 Å². The highest BCUT2D eigenvalue weighted by Crippen LogP contribution is 2.24. The quantitative estimate of drug-likeness (QED) is 0.570. The Labute approximate surface area is 156 Å². The van der Waals surface area contributed by atoms with Crippen LogP contribution in [0.3, 0.4) is 0 Å². The van der Waals surface area contributed by atoms with E-state index >= 15 is 0 Å². The van der Waals surface area contributed by atoms with Crippen molar-refractivity contribution >= 4 is 44.9 Å². The van der Waals surface area contributed by atoms with Crippen molar-refractivity contribution in [2.24, 2.45) is 0 Å². The molecule has 0 aliphatic rings. The van der Waals surface area contributed by atoms with Gasteiger partial charge in [0.15, 0.2) is 5.82 Å². The Hall–Kier alpha value is -2.45. The van der Waals surface area contributed by atoms with Crippen LogP contribution in [0, 0.1) is 0 Å². The van der Waals surface area contributed by atoms with Gasteiger partial charge in [0, 0.05) is 29.1 Å². The molecule has 8 heteroatoms. The van der Waals surface area contributed by atoms with Crippen molar-refractivity contribution < 1.29 is 9.59 Å². The van der Waals surface area contributed by atoms with Crippen molar-refractivity contribution in [1.82, 2.24) is 15.5 Å². The molecule has 128 valence electrons. The van der Waals surface area contributed by atoms with Gasteiger partial charge in [-0.2, -0.15) is 5.10 Å². The van der Waals surface area contributed by atoms with Gasteiger partial charge in [0.2, 0.25) is 5.91 Å². The lowest BCUT2D eigenvalue weighted by atomic mass is 10.2. The van der Waals surface area contributed by atoms with Gasteiger partial charge in [-0.15, -0.1) is 11.3 Å². The number of benzene rings is 1. The molecule has 3 rings (SSSR count). The van der Waals surface area contributed by atoms with Crippen LogP contribution >= 0.6 is 27.3 Å². The normalized spacial score (nSPS) is 10.4. The first kappa shape index (κ1) is 17.4. The summed E-state index contributed by atoms with van der Waals surface area (Å²) in [6.07, 6.45) is 0.170. The number of hydrogen-bond acceptors (Lipinski definition) is 4. The molecular formula is C17H15BrN4O2S. The van der Waals surface area contributed by atoms with Crippen molar-refractivity contribution in [3.05, 3.63) is 57.9 Å². The number of amides is 2. The lowest BCUT2D eigenvalue weighted by Gasteiger charge is -2.05. The molecule has 0 radical (unpaired) electrons. The third kappa shape index (κ3) is 4.77. The van der Waals surface area contributed by atoms with E-state index in [1.54, 1.807) is 41.7 Å². The molecule has 2 heterocycles. The van der Waals surface area contributed by atoms with E-state index in [1.807, 2.05) is 17.5 Å². The zero-order valence-electron chi connectivity index (χ0n) is 13.1. The summed E-state index contributed by atoms with van der Waals surface area (Å²) in [6.45, 7) is 0.253.